The van der Waals surface area contributed by atoms with E-state index in [0.29, 0.717) is 12.5 Å². The van der Waals surface area contributed by atoms with E-state index in [0.717, 1.165) is 13.1 Å². The monoisotopic (exact) mass is 211 g/mol. The van der Waals surface area contributed by atoms with Gasteiger partial charge in [-0.3, -0.25) is 0 Å². The van der Waals surface area contributed by atoms with Crippen molar-refractivity contribution in [2.45, 2.75) is 13.3 Å². The highest BCUT2D eigenvalue weighted by Crippen LogP contribution is 2.14. The van der Waals surface area contributed by atoms with Crippen molar-refractivity contribution in [2.24, 2.45) is 5.92 Å². The van der Waals surface area contributed by atoms with Crippen LogP contribution >= 0.6 is 10.7 Å². The number of halogens is 1. The van der Waals surface area contributed by atoms with E-state index >= 15 is 0 Å². The molecule has 0 radical (unpaired) electrons. The minimum atomic E-state index is -3.30. The van der Waals surface area contributed by atoms with E-state index in [9.17, 15) is 8.42 Å². The van der Waals surface area contributed by atoms with Gasteiger partial charge >= 0.3 is 0 Å². The summed E-state index contributed by atoms with van der Waals surface area (Å²) >= 11 is 0. The fraction of sp³-hybridized carbons (Fsp3) is 1.00. The highest BCUT2D eigenvalue weighted by Gasteiger charge is 2.19. The molecular weight excluding hydrogens is 198 g/mol. The van der Waals surface area contributed by atoms with E-state index < -0.39 is 9.05 Å². The van der Waals surface area contributed by atoms with Crippen molar-refractivity contribution in [3.8, 4) is 0 Å². The maximum absolute atomic E-state index is 10.6. The summed E-state index contributed by atoms with van der Waals surface area (Å²) in [4.78, 5) is 2.14. The smallest absolute Gasteiger partial charge is 0.233 e. The lowest BCUT2D eigenvalue weighted by molar-refractivity contribution is 0.347. The average molecular weight is 212 g/mol. The van der Waals surface area contributed by atoms with Gasteiger partial charge in [-0.05, 0) is 18.9 Å². The summed E-state index contributed by atoms with van der Waals surface area (Å²) < 4.78 is 21.2. The van der Waals surface area contributed by atoms with Gasteiger partial charge in [-0.1, -0.05) is 6.92 Å². The Morgan fingerprint density at radius 3 is 2.67 bits per heavy atom. The molecule has 0 spiro atoms. The zero-order valence-electron chi connectivity index (χ0n) is 7.16. The van der Waals surface area contributed by atoms with Crippen molar-refractivity contribution in [1.82, 2.24) is 4.90 Å². The molecule has 1 aliphatic heterocycles. The van der Waals surface area contributed by atoms with Crippen molar-refractivity contribution in [1.29, 1.82) is 0 Å². The number of likely N-dealkylation sites (tertiary alicyclic amines) is 1. The Bertz CT molecular complexity index is 240. The summed E-state index contributed by atoms with van der Waals surface area (Å²) in [5.41, 5.74) is 0. The predicted octanol–water partition coefficient (Wildman–Crippen LogP) is 0.897. The summed E-state index contributed by atoms with van der Waals surface area (Å²) in [6, 6.07) is 0. The Labute approximate surface area is 78.1 Å². The summed E-state index contributed by atoms with van der Waals surface area (Å²) in [6.45, 7) is 4.77. The first kappa shape index (κ1) is 10.3. The van der Waals surface area contributed by atoms with Crippen LogP contribution in [0.2, 0.25) is 0 Å². The minimum absolute atomic E-state index is 0.0707. The molecule has 1 saturated heterocycles. The van der Waals surface area contributed by atoms with Crippen molar-refractivity contribution < 1.29 is 8.42 Å². The van der Waals surface area contributed by atoms with Crippen LogP contribution < -0.4 is 0 Å². The van der Waals surface area contributed by atoms with Gasteiger partial charge in [0.2, 0.25) is 9.05 Å². The molecule has 1 aliphatic rings. The Hall–Kier alpha value is 0.200. The van der Waals surface area contributed by atoms with Gasteiger partial charge in [0.25, 0.3) is 0 Å². The molecule has 5 heteroatoms. The van der Waals surface area contributed by atoms with Gasteiger partial charge in [0, 0.05) is 23.8 Å². The standard InChI is InChI=1S/C7H14ClNO2S/c1-7-2-3-9(6-7)4-5-12(8,10)11/h7H,2-6H2,1H3. The zero-order chi connectivity index (χ0) is 9.19. The van der Waals surface area contributed by atoms with E-state index in [-0.39, 0.29) is 5.75 Å². The van der Waals surface area contributed by atoms with Crippen LogP contribution in [-0.2, 0) is 9.05 Å². The van der Waals surface area contributed by atoms with E-state index in [1.807, 2.05) is 0 Å². The molecule has 1 atom stereocenters. The molecule has 3 nitrogen and oxygen atoms in total. The zero-order valence-corrected chi connectivity index (χ0v) is 8.74. The molecule has 0 aromatic carbocycles. The molecule has 1 heterocycles. The lowest BCUT2D eigenvalue weighted by atomic mass is 10.2. The van der Waals surface area contributed by atoms with Gasteiger partial charge in [0.1, 0.15) is 0 Å². The number of hydrogen-bond acceptors (Lipinski definition) is 3. The second-order valence-electron chi connectivity index (χ2n) is 3.44. The minimum Gasteiger partial charge on any atom is -0.302 e. The van der Waals surface area contributed by atoms with E-state index in [1.54, 1.807) is 0 Å². The van der Waals surface area contributed by atoms with E-state index in [1.165, 1.54) is 6.42 Å². The summed E-state index contributed by atoms with van der Waals surface area (Å²) in [6.07, 6.45) is 1.17. The average Bonchev–Trinajstić information content (AvgIpc) is 2.30. The van der Waals surface area contributed by atoms with Crippen LogP contribution in [0.15, 0.2) is 0 Å². The van der Waals surface area contributed by atoms with Gasteiger partial charge in [0.15, 0.2) is 0 Å². The second-order valence-corrected chi connectivity index (χ2v) is 6.33. The molecule has 1 unspecified atom stereocenters. The third-order valence-electron chi connectivity index (χ3n) is 2.16. The maximum Gasteiger partial charge on any atom is 0.233 e. The summed E-state index contributed by atoms with van der Waals surface area (Å²) in [5.74, 6) is 0.768. The molecular formula is C7H14ClNO2S. The fourth-order valence-corrected chi connectivity index (χ4v) is 2.15. The number of rotatable bonds is 3. The van der Waals surface area contributed by atoms with Crippen LogP contribution in [0.25, 0.3) is 0 Å². The fourth-order valence-electron chi connectivity index (χ4n) is 1.47. The van der Waals surface area contributed by atoms with Crippen molar-refractivity contribution in [2.75, 3.05) is 25.4 Å². The number of hydrogen-bond donors (Lipinski definition) is 0. The Morgan fingerprint density at radius 2 is 2.25 bits per heavy atom. The quantitative estimate of drug-likeness (QED) is 0.651. The Morgan fingerprint density at radius 1 is 1.58 bits per heavy atom. The normalized spacial score (nSPS) is 26.3. The Kier molecular flexibility index (Phi) is 3.37. The maximum atomic E-state index is 10.6. The third-order valence-corrected chi connectivity index (χ3v) is 3.29. The Balaban J connectivity index is 2.25. The molecule has 1 rings (SSSR count). The molecule has 1 fully saturated rings. The van der Waals surface area contributed by atoms with Crippen LogP contribution in [0, 0.1) is 5.92 Å². The topological polar surface area (TPSA) is 37.4 Å². The molecule has 72 valence electrons. The third kappa shape index (κ3) is 3.74. The number of nitrogens with zero attached hydrogens (tertiary/aromatic N) is 1. The van der Waals surface area contributed by atoms with E-state index in [4.69, 9.17) is 10.7 Å². The van der Waals surface area contributed by atoms with Crippen LogP contribution in [0.5, 0.6) is 0 Å². The molecule has 0 N–H and O–H groups in total. The SMILES string of the molecule is CC1CCN(CCS(=O)(=O)Cl)C1. The van der Waals surface area contributed by atoms with Gasteiger partial charge < -0.3 is 4.90 Å². The molecule has 0 amide bonds. The highest BCUT2D eigenvalue weighted by molar-refractivity contribution is 8.13. The van der Waals surface area contributed by atoms with Crippen molar-refractivity contribution in [3.05, 3.63) is 0 Å². The first-order chi connectivity index (χ1) is 5.47. The molecule has 0 bridgehead atoms. The van der Waals surface area contributed by atoms with Gasteiger partial charge in [0.05, 0.1) is 5.75 Å². The van der Waals surface area contributed by atoms with Crippen LogP contribution in [0.4, 0.5) is 0 Å². The summed E-state index contributed by atoms with van der Waals surface area (Å²) in [7, 11) is 1.80. The lowest BCUT2D eigenvalue weighted by Gasteiger charge is -2.12. The van der Waals surface area contributed by atoms with Crippen LogP contribution in [0.1, 0.15) is 13.3 Å². The first-order valence-corrected chi connectivity index (χ1v) is 6.60. The first-order valence-electron chi connectivity index (χ1n) is 4.12. The lowest BCUT2D eigenvalue weighted by Crippen LogP contribution is -2.25. The largest absolute Gasteiger partial charge is 0.302 e. The molecule has 12 heavy (non-hydrogen) atoms. The highest BCUT2D eigenvalue weighted by atomic mass is 35.7. The van der Waals surface area contributed by atoms with E-state index in [2.05, 4.69) is 11.8 Å². The summed E-state index contributed by atoms with van der Waals surface area (Å²) in [5, 5.41) is 0. The molecule has 0 saturated carbocycles. The van der Waals surface area contributed by atoms with Gasteiger partial charge in [-0.2, -0.15) is 0 Å². The molecule has 0 aromatic rings. The van der Waals surface area contributed by atoms with Gasteiger partial charge in [-0.15, -0.1) is 0 Å². The van der Waals surface area contributed by atoms with Crippen LogP contribution in [-0.4, -0.2) is 38.7 Å². The second kappa shape index (κ2) is 3.94. The molecule has 0 aliphatic carbocycles. The molecule has 0 aromatic heterocycles. The predicted molar refractivity (Wildman–Crippen MR) is 49.9 cm³/mol. The van der Waals surface area contributed by atoms with Gasteiger partial charge in [-0.25, -0.2) is 8.42 Å². The van der Waals surface area contributed by atoms with Crippen LogP contribution in [0.3, 0.4) is 0 Å². The van der Waals surface area contributed by atoms with Crippen molar-refractivity contribution >= 4 is 19.7 Å². The van der Waals surface area contributed by atoms with Crippen molar-refractivity contribution in [3.63, 3.8) is 0 Å².